The summed E-state index contributed by atoms with van der Waals surface area (Å²) in [5.41, 5.74) is 2.25. The smallest absolute Gasteiger partial charge is 0.123 e. The van der Waals surface area contributed by atoms with E-state index in [-0.39, 0.29) is 6.04 Å². The van der Waals surface area contributed by atoms with Gasteiger partial charge >= 0.3 is 0 Å². The van der Waals surface area contributed by atoms with E-state index in [4.69, 9.17) is 4.42 Å². The van der Waals surface area contributed by atoms with E-state index in [2.05, 4.69) is 40.1 Å². The molecule has 0 aliphatic carbocycles. The van der Waals surface area contributed by atoms with Gasteiger partial charge in [-0.15, -0.1) is 0 Å². The van der Waals surface area contributed by atoms with Crippen molar-refractivity contribution < 1.29 is 4.42 Å². The van der Waals surface area contributed by atoms with Gasteiger partial charge in [0, 0.05) is 22.8 Å². The third-order valence-corrected chi connectivity index (χ3v) is 3.53. The lowest BCUT2D eigenvalue weighted by atomic mass is 10.1. The number of pyridine rings is 1. The zero-order chi connectivity index (χ0) is 13.7. The maximum Gasteiger partial charge on any atom is 0.123 e. The number of aryl methyl sites for hydroxylation is 1. The Morgan fingerprint density at radius 1 is 1.37 bits per heavy atom. The van der Waals surface area contributed by atoms with Crippen LogP contribution in [0.1, 0.15) is 36.4 Å². The van der Waals surface area contributed by atoms with Gasteiger partial charge in [0.15, 0.2) is 0 Å². The first kappa shape index (κ1) is 14.3. The average Bonchev–Trinajstić information content (AvgIpc) is 2.83. The normalized spacial score (nSPS) is 12.6. The number of hydrogen-bond donors (Lipinski definition) is 1. The summed E-state index contributed by atoms with van der Waals surface area (Å²) in [5, 5.41) is 3.53. The zero-order valence-electron chi connectivity index (χ0n) is 11.3. The SMILES string of the molecule is CCCNC(Cc1ccc(Br)cn1)c1occc1C. The highest BCUT2D eigenvalue weighted by atomic mass is 79.9. The van der Waals surface area contributed by atoms with Crippen LogP contribution >= 0.6 is 15.9 Å². The van der Waals surface area contributed by atoms with Crippen molar-refractivity contribution in [3.8, 4) is 0 Å². The van der Waals surface area contributed by atoms with Crippen LogP contribution in [-0.2, 0) is 6.42 Å². The van der Waals surface area contributed by atoms with E-state index in [0.717, 1.165) is 35.3 Å². The molecule has 2 aromatic heterocycles. The minimum absolute atomic E-state index is 0.184. The summed E-state index contributed by atoms with van der Waals surface area (Å²) >= 11 is 3.41. The Morgan fingerprint density at radius 3 is 2.79 bits per heavy atom. The Bertz CT molecular complexity index is 507. The molecular formula is C15H19BrN2O. The van der Waals surface area contributed by atoms with Crippen molar-refractivity contribution >= 4 is 15.9 Å². The highest BCUT2D eigenvalue weighted by Crippen LogP contribution is 2.22. The van der Waals surface area contributed by atoms with Crippen molar-refractivity contribution in [3.63, 3.8) is 0 Å². The van der Waals surface area contributed by atoms with E-state index in [9.17, 15) is 0 Å². The van der Waals surface area contributed by atoms with E-state index in [1.54, 1.807) is 6.26 Å². The van der Waals surface area contributed by atoms with Crippen LogP contribution in [0.25, 0.3) is 0 Å². The van der Waals surface area contributed by atoms with Gasteiger partial charge < -0.3 is 9.73 Å². The summed E-state index contributed by atoms with van der Waals surface area (Å²) in [7, 11) is 0. The molecule has 1 N–H and O–H groups in total. The number of nitrogens with zero attached hydrogens (tertiary/aromatic N) is 1. The van der Waals surface area contributed by atoms with Gasteiger partial charge in [0.05, 0.1) is 12.3 Å². The largest absolute Gasteiger partial charge is 0.467 e. The van der Waals surface area contributed by atoms with Gasteiger partial charge in [-0.2, -0.15) is 0 Å². The van der Waals surface area contributed by atoms with Crippen LogP contribution < -0.4 is 5.32 Å². The molecule has 0 amide bonds. The molecule has 0 radical (unpaired) electrons. The van der Waals surface area contributed by atoms with Gasteiger partial charge in [-0.3, -0.25) is 4.98 Å². The third-order valence-electron chi connectivity index (χ3n) is 3.06. The highest BCUT2D eigenvalue weighted by Gasteiger charge is 2.17. The number of hydrogen-bond acceptors (Lipinski definition) is 3. The standard InChI is InChI=1S/C15H19BrN2O/c1-3-7-17-14(15-11(2)6-8-19-15)9-13-5-4-12(16)10-18-13/h4-6,8,10,14,17H,3,7,9H2,1-2H3. The molecule has 0 aromatic carbocycles. The van der Waals surface area contributed by atoms with Gasteiger partial charge in [0.1, 0.15) is 5.76 Å². The zero-order valence-corrected chi connectivity index (χ0v) is 12.9. The molecule has 102 valence electrons. The highest BCUT2D eigenvalue weighted by molar-refractivity contribution is 9.10. The van der Waals surface area contributed by atoms with Crippen LogP contribution in [0.3, 0.4) is 0 Å². The second-order valence-corrected chi connectivity index (χ2v) is 5.56. The molecule has 0 aliphatic heterocycles. The summed E-state index contributed by atoms with van der Waals surface area (Å²) in [6, 6.07) is 6.26. The molecule has 1 unspecified atom stereocenters. The summed E-state index contributed by atoms with van der Waals surface area (Å²) < 4.78 is 6.62. The van der Waals surface area contributed by atoms with E-state index in [0.29, 0.717) is 0 Å². The summed E-state index contributed by atoms with van der Waals surface area (Å²) in [5.74, 6) is 1.01. The fourth-order valence-corrected chi connectivity index (χ4v) is 2.29. The Labute approximate surface area is 122 Å². The predicted molar refractivity (Wildman–Crippen MR) is 80.1 cm³/mol. The quantitative estimate of drug-likeness (QED) is 0.872. The molecule has 3 nitrogen and oxygen atoms in total. The number of halogens is 1. The minimum Gasteiger partial charge on any atom is -0.467 e. The molecule has 2 heterocycles. The molecule has 2 aromatic rings. The van der Waals surface area contributed by atoms with Crippen molar-refractivity contribution in [2.75, 3.05) is 6.54 Å². The van der Waals surface area contributed by atoms with Crippen molar-refractivity contribution in [1.82, 2.24) is 10.3 Å². The van der Waals surface area contributed by atoms with Crippen molar-refractivity contribution in [2.24, 2.45) is 0 Å². The maximum absolute atomic E-state index is 5.62. The molecule has 0 aliphatic rings. The minimum atomic E-state index is 0.184. The first-order valence-electron chi connectivity index (χ1n) is 6.58. The van der Waals surface area contributed by atoms with Crippen LogP contribution in [-0.4, -0.2) is 11.5 Å². The molecule has 0 saturated heterocycles. The van der Waals surface area contributed by atoms with Gasteiger partial charge in [0.2, 0.25) is 0 Å². The number of nitrogens with one attached hydrogen (secondary N) is 1. The fraction of sp³-hybridized carbons (Fsp3) is 0.400. The summed E-state index contributed by atoms with van der Waals surface area (Å²) in [6.45, 7) is 5.22. The molecular weight excluding hydrogens is 304 g/mol. The first-order valence-corrected chi connectivity index (χ1v) is 7.37. The maximum atomic E-state index is 5.62. The van der Waals surface area contributed by atoms with E-state index in [1.807, 2.05) is 24.4 Å². The van der Waals surface area contributed by atoms with Crippen LogP contribution in [0.15, 0.2) is 39.5 Å². The third kappa shape index (κ3) is 3.91. The Balaban J connectivity index is 2.14. The van der Waals surface area contributed by atoms with Crippen molar-refractivity contribution in [2.45, 2.75) is 32.7 Å². The summed E-state index contributed by atoms with van der Waals surface area (Å²) in [6.07, 6.45) is 5.52. The number of aromatic nitrogens is 1. The van der Waals surface area contributed by atoms with Crippen LogP contribution in [0, 0.1) is 6.92 Å². The number of rotatable bonds is 6. The molecule has 4 heteroatoms. The predicted octanol–water partition coefficient (Wildman–Crippen LogP) is 4.03. The second kappa shape index (κ2) is 6.87. The van der Waals surface area contributed by atoms with E-state index >= 15 is 0 Å². The Kier molecular flexibility index (Phi) is 5.16. The summed E-state index contributed by atoms with van der Waals surface area (Å²) in [4.78, 5) is 4.44. The van der Waals surface area contributed by atoms with Crippen molar-refractivity contribution in [3.05, 3.63) is 52.1 Å². The molecule has 0 bridgehead atoms. The molecule has 0 spiro atoms. The van der Waals surface area contributed by atoms with E-state index < -0.39 is 0 Å². The first-order chi connectivity index (χ1) is 9.20. The molecule has 2 rings (SSSR count). The van der Waals surface area contributed by atoms with Crippen LogP contribution in [0.5, 0.6) is 0 Å². The van der Waals surface area contributed by atoms with E-state index in [1.165, 1.54) is 5.56 Å². The van der Waals surface area contributed by atoms with Gasteiger partial charge in [-0.25, -0.2) is 0 Å². The lowest BCUT2D eigenvalue weighted by molar-refractivity contribution is 0.406. The molecule has 0 saturated carbocycles. The Hall–Kier alpha value is -1.13. The van der Waals surface area contributed by atoms with Gasteiger partial charge in [-0.1, -0.05) is 6.92 Å². The van der Waals surface area contributed by atoms with Crippen LogP contribution in [0.4, 0.5) is 0 Å². The van der Waals surface area contributed by atoms with Crippen LogP contribution in [0.2, 0.25) is 0 Å². The monoisotopic (exact) mass is 322 g/mol. The molecule has 0 fully saturated rings. The Morgan fingerprint density at radius 2 is 2.21 bits per heavy atom. The molecule has 19 heavy (non-hydrogen) atoms. The van der Waals surface area contributed by atoms with Crippen molar-refractivity contribution in [1.29, 1.82) is 0 Å². The molecule has 1 atom stereocenters. The lowest BCUT2D eigenvalue weighted by Gasteiger charge is -2.17. The average molecular weight is 323 g/mol. The lowest BCUT2D eigenvalue weighted by Crippen LogP contribution is -2.24. The topological polar surface area (TPSA) is 38.1 Å². The fourth-order valence-electron chi connectivity index (χ4n) is 2.05. The van der Waals surface area contributed by atoms with Gasteiger partial charge in [0.25, 0.3) is 0 Å². The second-order valence-electron chi connectivity index (χ2n) is 4.65. The number of furan rings is 1. The van der Waals surface area contributed by atoms with Gasteiger partial charge in [-0.05, 0) is 59.6 Å².